The number of aliphatic hydroxyl groups excluding tert-OH is 1. The molecular weight excluding hydrogens is 256 g/mol. The van der Waals surface area contributed by atoms with Crippen LogP contribution in [-0.4, -0.2) is 36.4 Å². The topological polar surface area (TPSA) is 58.6 Å². The van der Waals surface area contributed by atoms with Gasteiger partial charge in [-0.3, -0.25) is 4.79 Å². The van der Waals surface area contributed by atoms with Crippen molar-refractivity contribution in [1.82, 2.24) is 5.32 Å². The van der Waals surface area contributed by atoms with E-state index in [0.29, 0.717) is 32.1 Å². The van der Waals surface area contributed by atoms with Crippen LogP contribution in [0, 0.1) is 11.6 Å². The van der Waals surface area contributed by atoms with Gasteiger partial charge in [0.1, 0.15) is 11.6 Å². The third-order valence-corrected chi connectivity index (χ3v) is 3.26. The fourth-order valence-corrected chi connectivity index (χ4v) is 2.08. The summed E-state index contributed by atoms with van der Waals surface area (Å²) < 4.78 is 31.3. The van der Waals surface area contributed by atoms with Gasteiger partial charge in [-0.1, -0.05) is 0 Å². The molecule has 0 radical (unpaired) electrons. The number of carbonyl (C=O) groups excluding carboxylic acids is 1. The Morgan fingerprint density at radius 1 is 1.26 bits per heavy atom. The molecule has 6 heteroatoms. The van der Waals surface area contributed by atoms with Gasteiger partial charge in [0.2, 0.25) is 0 Å². The first-order chi connectivity index (χ1) is 9.04. The van der Waals surface area contributed by atoms with E-state index < -0.39 is 23.1 Å². The molecule has 0 aliphatic carbocycles. The van der Waals surface area contributed by atoms with E-state index in [1.54, 1.807) is 0 Å². The summed E-state index contributed by atoms with van der Waals surface area (Å²) in [5.74, 6) is -2.22. The number of hydrogen-bond donors (Lipinski definition) is 2. The average Bonchev–Trinajstić information content (AvgIpc) is 2.38. The van der Waals surface area contributed by atoms with Gasteiger partial charge >= 0.3 is 0 Å². The van der Waals surface area contributed by atoms with Crippen molar-refractivity contribution in [2.75, 3.05) is 19.8 Å². The van der Waals surface area contributed by atoms with Crippen LogP contribution in [0.15, 0.2) is 18.2 Å². The zero-order valence-electron chi connectivity index (χ0n) is 10.3. The van der Waals surface area contributed by atoms with Crippen molar-refractivity contribution in [3.8, 4) is 0 Å². The average molecular weight is 271 g/mol. The van der Waals surface area contributed by atoms with E-state index in [1.165, 1.54) is 0 Å². The molecule has 1 aromatic rings. The van der Waals surface area contributed by atoms with Gasteiger partial charge in [-0.25, -0.2) is 8.78 Å². The predicted octanol–water partition coefficient (Wildman–Crippen LogP) is 1.24. The lowest BCUT2D eigenvalue weighted by atomic mass is 9.90. The molecule has 1 heterocycles. The van der Waals surface area contributed by atoms with Gasteiger partial charge in [-0.05, 0) is 25.0 Å². The van der Waals surface area contributed by atoms with Crippen molar-refractivity contribution in [2.24, 2.45) is 0 Å². The lowest BCUT2D eigenvalue weighted by Gasteiger charge is -2.36. The van der Waals surface area contributed by atoms with Crippen LogP contribution in [0.1, 0.15) is 23.2 Å². The molecule has 0 aromatic heterocycles. The van der Waals surface area contributed by atoms with E-state index in [2.05, 4.69) is 5.32 Å². The van der Waals surface area contributed by atoms with E-state index in [0.717, 1.165) is 12.1 Å². The summed E-state index contributed by atoms with van der Waals surface area (Å²) in [5.41, 5.74) is -0.880. The van der Waals surface area contributed by atoms with Crippen molar-refractivity contribution >= 4 is 5.91 Å². The Labute approximate surface area is 109 Å². The molecule has 1 saturated heterocycles. The van der Waals surface area contributed by atoms with Crippen LogP contribution >= 0.6 is 0 Å². The van der Waals surface area contributed by atoms with Gasteiger partial charge in [0, 0.05) is 24.8 Å². The molecule has 1 aliphatic heterocycles. The smallest absolute Gasteiger partial charge is 0.252 e. The summed E-state index contributed by atoms with van der Waals surface area (Å²) in [6.45, 7) is 0.622. The van der Waals surface area contributed by atoms with Crippen LogP contribution in [0.5, 0.6) is 0 Å². The minimum Gasteiger partial charge on any atom is -0.394 e. The highest BCUT2D eigenvalue weighted by atomic mass is 19.1. The number of benzene rings is 1. The van der Waals surface area contributed by atoms with Crippen LogP contribution in [0.4, 0.5) is 8.78 Å². The van der Waals surface area contributed by atoms with Gasteiger partial charge in [-0.2, -0.15) is 0 Å². The minimum atomic E-state index is -0.810. The molecule has 0 spiro atoms. The third kappa shape index (κ3) is 3.27. The van der Waals surface area contributed by atoms with Crippen molar-refractivity contribution in [2.45, 2.75) is 18.4 Å². The standard InChI is InChI=1S/C13H15F2NO3/c14-10-5-9(6-11(15)7-10)12(18)16-13(8-17)1-3-19-4-2-13/h5-7,17H,1-4,8H2,(H,16,18). The van der Waals surface area contributed by atoms with E-state index in [-0.39, 0.29) is 12.2 Å². The molecule has 1 amide bonds. The number of amides is 1. The molecule has 2 rings (SSSR count). The van der Waals surface area contributed by atoms with Gasteiger partial charge < -0.3 is 15.2 Å². The Morgan fingerprint density at radius 2 is 1.84 bits per heavy atom. The number of hydrogen-bond acceptors (Lipinski definition) is 3. The first-order valence-electron chi connectivity index (χ1n) is 6.02. The monoisotopic (exact) mass is 271 g/mol. The minimum absolute atomic E-state index is 0.100. The summed E-state index contributed by atoms with van der Waals surface area (Å²) >= 11 is 0. The maximum Gasteiger partial charge on any atom is 0.252 e. The highest BCUT2D eigenvalue weighted by Crippen LogP contribution is 2.21. The number of ether oxygens (including phenoxy) is 1. The molecule has 2 N–H and O–H groups in total. The van der Waals surface area contributed by atoms with Crippen molar-refractivity contribution in [1.29, 1.82) is 0 Å². The zero-order valence-corrected chi connectivity index (χ0v) is 10.3. The summed E-state index contributed by atoms with van der Waals surface area (Å²) in [7, 11) is 0. The van der Waals surface area contributed by atoms with Crippen molar-refractivity contribution in [3.05, 3.63) is 35.4 Å². The number of aliphatic hydroxyl groups is 1. The molecule has 104 valence electrons. The zero-order chi connectivity index (χ0) is 13.9. The van der Waals surface area contributed by atoms with Crippen LogP contribution in [0.25, 0.3) is 0 Å². The number of carbonyl (C=O) groups is 1. The second kappa shape index (κ2) is 5.63. The summed E-state index contributed by atoms with van der Waals surface area (Å²) in [6, 6.07) is 2.62. The Hall–Kier alpha value is -1.53. The van der Waals surface area contributed by atoms with Gasteiger partial charge in [0.15, 0.2) is 0 Å². The summed E-state index contributed by atoms with van der Waals surface area (Å²) in [6.07, 6.45) is 0.931. The van der Waals surface area contributed by atoms with Crippen LogP contribution < -0.4 is 5.32 Å². The van der Waals surface area contributed by atoms with Crippen LogP contribution in [0.3, 0.4) is 0 Å². The Morgan fingerprint density at radius 3 is 2.37 bits per heavy atom. The van der Waals surface area contributed by atoms with Gasteiger partial charge in [0.25, 0.3) is 5.91 Å². The molecule has 19 heavy (non-hydrogen) atoms. The maximum atomic E-state index is 13.1. The third-order valence-electron chi connectivity index (χ3n) is 3.26. The van der Waals surface area contributed by atoms with Crippen LogP contribution in [0.2, 0.25) is 0 Å². The Bertz CT molecular complexity index is 453. The summed E-state index contributed by atoms with van der Waals surface area (Å²) in [5, 5.41) is 12.1. The maximum absolute atomic E-state index is 13.1. The number of nitrogens with one attached hydrogen (secondary N) is 1. The van der Waals surface area contributed by atoms with Gasteiger partial charge in [-0.15, -0.1) is 0 Å². The molecular formula is C13H15F2NO3. The molecule has 4 nitrogen and oxygen atoms in total. The number of halogens is 2. The Kier molecular flexibility index (Phi) is 4.11. The highest BCUT2D eigenvalue weighted by molar-refractivity contribution is 5.94. The van der Waals surface area contributed by atoms with E-state index in [4.69, 9.17) is 4.74 Å². The Balaban J connectivity index is 2.15. The largest absolute Gasteiger partial charge is 0.394 e. The van der Waals surface area contributed by atoms with Crippen LogP contribution in [-0.2, 0) is 4.74 Å². The van der Waals surface area contributed by atoms with Gasteiger partial charge in [0.05, 0.1) is 12.1 Å². The SMILES string of the molecule is O=C(NC1(CO)CCOCC1)c1cc(F)cc(F)c1. The molecule has 1 aromatic carbocycles. The predicted molar refractivity (Wildman–Crippen MR) is 63.7 cm³/mol. The molecule has 1 fully saturated rings. The normalized spacial score (nSPS) is 18.1. The summed E-state index contributed by atoms with van der Waals surface area (Å²) in [4.78, 5) is 12.0. The second-order valence-electron chi connectivity index (χ2n) is 4.66. The molecule has 0 atom stereocenters. The molecule has 0 unspecified atom stereocenters. The fourth-order valence-electron chi connectivity index (χ4n) is 2.08. The van der Waals surface area contributed by atoms with Crippen molar-refractivity contribution in [3.63, 3.8) is 0 Å². The number of rotatable bonds is 3. The van der Waals surface area contributed by atoms with E-state index >= 15 is 0 Å². The lowest BCUT2D eigenvalue weighted by Crippen LogP contribution is -2.54. The first-order valence-corrected chi connectivity index (χ1v) is 6.02. The molecule has 0 bridgehead atoms. The molecule has 0 saturated carbocycles. The molecule has 1 aliphatic rings. The quantitative estimate of drug-likeness (QED) is 0.869. The lowest BCUT2D eigenvalue weighted by molar-refractivity contribution is 0.0125. The van der Waals surface area contributed by atoms with E-state index in [1.807, 2.05) is 0 Å². The fraction of sp³-hybridized carbons (Fsp3) is 0.462. The van der Waals surface area contributed by atoms with E-state index in [9.17, 15) is 18.7 Å². The second-order valence-corrected chi connectivity index (χ2v) is 4.66. The highest BCUT2D eigenvalue weighted by Gasteiger charge is 2.33. The first kappa shape index (κ1) is 13.9. The van der Waals surface area contributed by atoms with Crippen molar-refractivity contribution < 1.29 is 23.4 Å².